The van der Waals surface area contributed by atoms with Gasteiger partial charge in [-0.3, -0.25) is 14.5 Å². The highest BCUT2D eigenvalue weighted by atomic mass is 35.5. The number of carbonyl (C=O) groups excluding carboxylic acids is 3. The van der Waals surface area contributed by atoms with Crippen molar-refractivity contribution in [2.45, 2.75) is 38.6 Å². The predicted octanol–water partition coefficient (Wildman–Crippen LogP) is 3.54. The van der Waals surface area contributed by atoms with Gasteiger partial charge in [-0.25, -0.2) is 4.79 Å². The first kappa shape index (κ1) is 19.5. The molecule has 2 N–H and O–H groups in total. The summed E-state index contributed by atoms with van der Waals surface area (Å²) in [5, 5.41) is 5.82. The molecular weight excluding hydrogens is 390 g/mol. The zero-order valence-electron chi connectivity index (χ0n) is 16.3. The normalized spacial score (nSPS) is 20.6. The molecule has 1 atom stereocenters. The van der Waals surface area contributed by atoms with Crippen molar-refractivity contribution in [3.63, 3.8) is 0 Å². The van der Waals surface area contributed by atoms with Crippen LogP contribution < -0.4 is 10.6 Å². The fourth-order valence-electron chi connectivity index (χ4n) is 3.97. The number of rotatable bonds is 4. The number of benzene rings is 2. The molecule has 2 aromatic rings. The Morgan fingerprint density at radius 3 is 2.69 bits per heavy atom. The Kier molecular flexibility index (Phi) is 4.82. The first-order valence-corrected chi connectivity index (χ1v) is 9.98. The van der Waals surface area contributed by atoms with Crippen molar-refractivity contribution >= 4 is 35.1 Å². The van der Waals surface area contributed by atoms with Crippen molar-refractivity contribution in [2.75, 3.05) is 11.9 Å². The number of amides is 4. The molecule has 0 spiro atoms. The number of fused-ring (bicyclic) bond motifs is 1. The molecule has 1 fully saturated rings. The molecule has 0 bridgehead atoms. The van der Waals surface area contributed by atoms with E-state index in [9.17, 15) is 14.4 Å². The number of carbonyl (C=O) groups is 3. The minimum absolute atomic E-state index is 0.380. The van der Waals surface area contributed by atoms with Crippen molar-refractivity contribution in [1.82, 2.24) is 10.2 Å². The fourth-order valence-corrected chi connectivity index (χ4v) is 4.26. The third kappa shape index (κ3) is 3.49. The van der Waals surface area contributed by atoms with Crippen molar-refractivity contribution < 1.29 is 14.4 Å². The summed E-state index contributed by atoms with van der Waals surface area (Å²) in [5.41, 5.74) is 3.47. The predicted molar refractivity (Wildman–Crippen MR) is 111 cm³/mol. The van der Waals surface area contributed by atoms with Gasteiger partial charge in [-0.05, 0) is 67.5 Å². The number of halogens is 1. The molecular formula is C22H22ClN3O3. The van der Waals surface area contributed by atoms with E-state index in [1.54, 1.807) is 19.1 Å². The highest BCUT2D eigenvalue weighted by molar-refractivity contribution is 6.33. The van der Waals surface area contributed by atoms with Crippen LogP contribution in [0.25, 0.3) is 0 Å². The van der Waals surface area contributed by atoms with Crippen LogP contribution in [0.4, 0.5) is 10.5 Å². The van der Waals surface area contributed by atoms with E-state index < -0.39 is 23.4 Å². The molecule has 6 nitrogen and oxygen atoms in total. The van der Waals surface area contributed by atoms with Gasteiger partial charge in [0, 0.05) is 0 Å². The van der Waals surface area contributed by atoms with Crippen molar-refractivity contribution in [3.05, 3.63) is 63.7 Å². The van der Waals surface area contributed by atoms with Gasteiger partial charge in [-0.2, -0.15) is 0 Å². The highest BCUT2D eigenvalue weighted by Crippen LogP contribution is 2.32. The SMILES string of the molecule is Cc1ccc(NC(=O)CN2C(=O)N[C@](C)(c3ccc4c(c3)CCC4)C2=O)c(Cl)c1. The lowest BCUT2D eigenvalue weighted by atomic mass is 9.89. The van der Waals surface area contributed by atoms with Crippen LogP contribution >= 0.6 is 11.6 Å². The molecule has 1 heterocycles. The molecule has 4 rings (SSSR count). The minimum Gasteiger partial charge on any atom is -0.323 e. The van der Waals surface area contributed by atoms with Crippen LogP contribution in [0.3, 0.4) is 0 Å². The fraction of sp³-hybridized carbons (Fsp3) is 0.318. The number of nitrogens with one attached hydrogen (secondary N) is 2. The van der Waals surface area contributed by atoms with Gasteiger partial charge in [-0.1, -0.05) is 35.9 Å². The number of imide groups is 1. The molecule has 150 valence electrons. The zero-order chi connectivity index (χ0) is 20.8. The smallest absolute Gasteiger partial charge is 0.323 e. The van der Waals surface area contributed by atoms with E-state index in [1.807, 2.05) is 31.2 Å². The van der Waals surface area contributed by atoms with Gasteiger partial charge in [0.15, 0.2) is 0 Å². The molecule has 1 aliphatic carbocycles. The second-order valence-electron chi connectivity index (χ2n) is 7.81. The van der Waals surface area contributed by atoms with Gasteiger partial charge < -0.3 is 10.6 Å². The van der Waals surface area contributed by atoms with Crippen LogP contribution in [-0.2, 0) is 28.0 Å². The van der Waals surface area contributed by atoms with Crippen LogP contribution in [0.2, 0.25) is 5.02 Å². The van der Waals surface area contributed by atoms with Gasteiger partial charge in [0.25, 0.3) is 5.91 Å². The second-order valence-corrected chi connectivity index (χ2v) is 8.22. The second kappa shape index (κ2) is 7.19. The van der Waals surface area contributed by atoms with Gasteiger partial charge >= 0.3 is 6.03 Å². The Balaban J connectivity index is 1.51. The third-order valence-electron chi connectivity index (χ3n) is 5.65. The van der Waals surface area contributed by atoms with Crippen molar-refractivity contribution in [1.29, 1.82) is 0 Å². The van der Waals surface area contributed by atoms with E-state index in [0.717, 1.165) is 35.3 Å². The van der Waals surface area contributed by atoms with E-state index in [-0.39, 0.29) is 6.54 Å². The van der Waals surface area contributed by atoms with E-state index in [0.29, 0.717) is 10.7 Å². The van der Waals surface area contributed by atoms with Crippen LogP contribution in [0.15, 0.2) is 36.4 Å². The van der Waals surface area contributed by atoms with Crippen LogP contribution in [-0.4, -0.2) is 29.3 Å². The topological polar surface area (TPSA) is 78.5 Å². The average molecular weight is 412 g/mol. The van der Waals surface area contributed by atoms with E-state index in [4.69, 9.17) is 11.6 Å². The standard InChI is InChI=1S/C22H22ClN3O3/c1-13-6-9-18(17(23)10-13)24-19(27)12-26-20(28)22(2,25-21(26)29)16-8-7-14-4-3-5-15(14)11-16/h6-11H,3-5,12H2,1-2H3,(H,24,27)(H,25,29)/t22-/m1/s1. The average Bonchev–Trinajstić information content (AvgIpc) is 3.22. The summed E-state index contributed by atoms with van der Waals surface area (Å²) in [6, 6.07) is 10.6. The molecule has 0 radical (unpaired) electrons. The molecule has 0 unspecified atom stereocenters. The Morgan fingerprint density at radius 1 is 1.17 bits per heavy atom. The number of aryl methyl sites for hydroxylation is 3. The Hall–Kier alpha value is -2.86. The maximum absolute atomic E-state index is 13.1. The number of anilines is 1. The zero-order valence-corrected chi connectivity index (χ0v) is 17.1. The molecule has 2 aromatic carbocycles. The summed E-state index contributed by atoms with van der Waals surface area (Å²) in [6.45, 7) is 3.19. The first-order valence-electron chi connectivity index (χ1n) is 9.60. The number of hydrogen-bond donors (Lipinski definition) is 2. The molecule has 29 heavy (non-hydrogen) atoms. The highest BCUT2D eigenvalue weighted by Gasteiger charge is 2.49. The van der Waals surface area contributed by atoms with Crippen LogP contribution in [0.1, 0.15) is 35.6 Å². The largest absolute Gasteiger partial charge is 0.325 e. The Morgan fingerprint density at radius 2 is 1.93 bits per heavy atom. The van der Waals surface area contributed by atoms with Crippen LogP contribution in [0.5, 0.6) is 0 Å². The first-order chi connectivity index (χ1) is 13.8. The maximum atomic E-state index is 13.1. The lowest BCUT2D eigenvalue weighted by Crippen LogP contribution is -2.42. The molecule has 0 saturated carbocycles. The lowest BCUT2D eigenvalue weighted by molar-refractivity contribution is -0.133. The summed E-state index contributed by atoms with van der Waals surface area (Å²) >= 11 is 6.14. The molecule has 1 aliphatic heterocycles. The number of urea groups is 1. The Labute approximate surface area is 174 Å². The van der Waals surface area contributed by atoms with Crippen LogP contribution in [0, 0.1) is 6.92 Å². The van der Waals surface area contributed by atoms with E-state index in [2.05, 4.69) is 10.6 Å². The van der Waals surface area contributed by atoms with E-state index in [1.165, 1.54) is 11.1 Å². The summed E-state index contributed by atoms with van der Waals surface area (Å²) in [7, 11) is 0. The quantitative estimate of drug-likeness (QED) is 0.755. The number of hydrogen-bond acceptors (Lipinski definition) is 3. The lowest BCUT2D eigenvalue weighted by Gasteiger charge is -2.23. The van der Waals surface area contributed by atoms with Gasteiger partial charge in [-0.15, -0.1) is 0 Å². The van der Waals surface area contributed by atoms with Gasteiger partial charge in [0.05, 0.1) is 10.7 Å². The molecule has 4 amide bonds. The van der Waals surface area contributed by atoms with Crippen molar-refractivity contribution in [2.24, 2.45) is 0 Å². The third-order valence-corrected chi connectivity index (χ3v) is 5.96. The number of nitrogens with zero attached hydrogens (tertiary/aromatic N) is 1. The monoisotopic (exact) mass is 411 g/mol. The van der Waals surface area contributed by atoms with Crippen molar-refractivity contribution in [3.8, 4) is 0 Å². The molecule has 2 aliphatic rings. The summed E-state index contributed by atoms with van der Waals surface area (Å²) in [6.07, 6.45) is 3.12. The van der Waals surface area contributed by atoms with Gasteiger partial charge in [0.1, 0.15) is 12.1 Å². The summed E-state index contributed by atoms with van der Waals surface area (Å²) in [4.78, 5) is 39.0. The summed E-state index contributed by atoms with van der Waals surface area (Å²) < 4.78 is 0. The van der Waals surface area contributed by atoms with Gasteiger partial charge in [0.2, 0.25) is 5.91 Å². The molecule has 1 saturated heterocycles. The Bertz CT molecular complexity index is 1040. The van der Waals surface area contributed by atoms with E-state index >= 15 is 0 Å². The summed E-state index contributed by atoms with van der Waals surface area (Å²) in [5.74, 6) is -0.928. The maximum Gasteiger partial charge on any atom is 0.325 e. The molecule has 0 aromatic heterocycles. The molecule has 7 heteroatoms. The minimum atomic E-state index is -1.18.